The molecular weight excluding hydrogens is 410 g/mol. The second kappa shape index (κ2) is 8.74. The van der Waals surface area contributed by atoms with Crippen molar-refractivity contribution in [2.75, 3.05) is 20.8 Å². The molecule has 1 aliphatic rings. The van der Waals surface area contributed by atoms with Crippen molar-refractivity contribution in [3.8, 4) is 11.5 Å². The summed E-state index contributed by atoms with van der Waals surface area (Å²) in [5.74, 6) is 1.03. The zero-order chi connectivity index (χ0) is 22.8. The van der Waals surface area contributed by atoms with Crippen LogP contribution in [-0.2, 0) is 24.8 Å². The van der Waals surface area contributed by atoms with Crippen LogP contribution in [0.1, 0.15) is 22.7 Å². The summed E-state index contributed by atoms with van der Waals surface area (Å²) in [5.41, 5.74) is 2.07. The van der Waals surface area contributed by atoms with Crippen LogP contribution in [0.25, 0.3) is 0 Å². The number of hydrogen-bond donors (Lipinski definition) is 0. The van der Waals surface area contributed by atoms with E-state index in [9.17, 15) is 14.4 Å². The van der Waals surface area contributed by atoms with Crippen molar-refractivity contribution in [2.45, 2.75) is 19.0 Å². The first-order valence-corrected chi connectivity index (χ1v) is 10.3. The van der Waals surface area contributed by atoms with E-state index >= 15 is 0 Å². The highest BCUT2D eigenvalue weighted by Crippen LogP contribution is 2.41. The molecule has 0 fully saturated rings. The molecule has 1 unspecified atom stereocenters. The van der Waals surface area contributed by atoms with Crippen LogP contribution in [0.3, 0.4) is 0 Å². The summed E-state index contributed by atoms with van der Waals surface area (Å²) >= 11 is 0. The minimum Gasteiger partial charge on any atom is -0.493 e. The molecule has 0 N–H and O–H groups in total. The summed E-state index contributed by atoms with van der Waals surface area (Å²) in [6.45, 7) is 0.334. The summed E-state index contributed by atoms with van der Waals surface area (Å²) in [7, 11) is 4.58. The van der Waals surface area contributed by atoms with Gasteiger partial charge in [0.25, 0.3) is 5.56 Å². The predicted molar refractivity (Wildman–Crippen MR) is 119 cm³/mol. The van der Waals surface area contributed by atoms with Crippen LogP contribution in [0.5, 0.6) is 11.5 Å². The lowest BCUT2D eigenvalue weighted by Crippen LogP contribution is -2.45. The van der Waals surface area contributed by atoms with Gasteiger partial charge in [-0.1, -0.05) is 30.3 Å². The largest absolute Gasteiger partial charge is 0.493 e. The maximum atomic E-state index is 13.4. The van der Waals surface area contributed by atoms with Gasteiger partial charge in [0.05, 0.1) is 20.3 Å². The number of hydrogen-bond acceptors (Lipinski definition) is 5. The molecule has 1 amide bonds. The second-order valence-corrected chi connectivity index (χ2v) is 7.68. The highest BCUT2D eigenvalue weighted by molar-refractivity contribution is 5.78. The van der Waals surface area contributed by atoms with Crippen LogP contribution in [0.2, 0.25) is 0 Å². The summed E-state index contributed by atoms with van der Waals surface area (Å²) in [6, 6.07) is 14.6. The van der Waals surface area contributed by atoms with E-state index in [2.05, 4.69) is 0 Å². The summed E-state index contributed by atoms with van der Waals surface area (Å²) in [4.78, 5) is 39.3. The molecule has 0 spiro atoms. The molecule has 0 bridgehead atoms. The minimum atomic E-state index is -0.522. The summed E-state index contributed by atoms with van der Waals surface area (Å²) < 4.78 is 13.2. The number of benzene rings is 2. The van der Waals surface area contributed by atoms with Gasteiger partial charge in [0.15, 0.2) is 11.5 Å². The predicted octanol–water partition coefficient (Wildman–Crippen LogP) is 1.74. The Kier molecular flexibility index (Phi) is 5.85. The fraction of sp³-hybridized carbons (Fsp3) is 0.292. The van der Waals surface area contributed by atoms with Gasteiger partial charge in [0, 0.05) is 25.9 Å². The number of carbonyl (C=O) groups is 1. The van der Waals surface area contributed by atoms with Crippen molar-refractivity contribution in [3.05, 3.63) is 92.3 Å². The number of aromatic nitrogens is 2. The molecule has 0 radical (unpaired) electrons. The molecule has 32 heavy (non-hydrogen) atoms. The molecule has 3 aromatic rings. The Morgan fingerprint density at radius 3 is 2.41 bits per heavy atom. The molecule has 8 nitrogen and oxygen atoms in total. The van der Waals surface area contributed by atoms with Crippen LogP contribution in [-0.4, -0.2) is 40.7 Å². The first-order chi connectivity index (χ1) is 15.4. The number of ether oxygens (including phenoxy) is 2. The number of nitrogens with zero attached hydrogens (tertiary/aromatic N) is 3. The Balaban J connectivity index is 1.77. The summed E-state index contributed by atoms with van der Waals surface area (Å²) in [5, 5.41) is 0. The first-order valence-electron chi connectivity index (χ1n) is 10.3. The van der Waals surface area contributed by atoms with Crippen LogP contribution < -0.4 is 20.7 Å². The Morgan fingerprint density at radius 1 is 1.03 bits per heavy atom. The highest BCUT2D eigenvalue weighted by Gasteiger charge is 2.33. The smallest absolute Gasteiger partial charge is 0.331 e. The minimum absolute atomic E-state index is 0.154. The van der Waals surface area contributed by atoms with Gasteiger partial charge in [0.1, 0.15) is 6.54 Å². The zero-order valence-corrected chi connectivity index (χ0v) is 18.3. The van der Waals surface area contributed by atoms with E-state index in [1.807, 2.05) is 42.5 Å². The number of amides is 1. The van der Waals surface area contributed by atoms with Crippen LogP contribution in [0.15, 0.2) is 64.3 Å². The Labute approximate surface area is 185 Å². The van der Waals surface area contributed by atoms with Crippen molar-refractivity contribution in [3.63, 3.8) is 0 Å². The Morgan fingerprint density at radius 2 is 1.72 bits per heavy atom. The van der Waals surface area contributed by atoms with Gasteiger partial charge in [-0.15, -0.1) is 0 Å². The number of fused-ring (bicyclic) bond motifs is 1. The number of rotatable bonds is 5. The lowest BCUT2D eigenvalue weighted by atomic mass is 9.87. The maximum Gasteiger partial charge on any atom is 0.331 e. The topological polar surface area (TPSA) is 82.8 Å². The quantitative estimate of drug-likeness (QED) is 0.610. The van der Waals surface area contributed by atoms with Crippen molar-refractivity contribution in [1.82, 2.24) is 14.0 Å². The van der Waals surface area contributed by atoms with Gasteiger partial charge < -0.3 is 14.4 Å². The molecule has 1 aromatic heterocycles. The van der Waals surface area contributed by atoms with Crippen LogP contribution in [0, 0.1) is 0 Å². The second-order valence-electron chi connectivity index (χ2n) is 7.68. The number of carbonyl (C=O) groups excluding carboxylic acids is 1. The van der Waals surface area contributed by atoms with Gasteiger partial charge in [-0.2, -0.15) is 0 Å². The molecule has 8 heteroatoms. The molecular formula is C24H25N3O5. The molecule has 0 saturated heterocycles. The van der Waals surface area contributed by atoms with Gasteiger partial charge in [0.2, 0.25) is 5.91 Å². The lowest BCUT2D eigenvalue weighted by molar-refractivity contribution is -0.134. The zero-order valence-electron chi connectivity index (χ0n) is 18.3. The monoisotopic (exact) mass is 435 g/mol. The average Bonchev–Trinajstić information content (AvgIpc) is 2.83. The van der Waals surface area contributed by atoms with Gasteiger partial charge in [-0.25, -0.2) is 4.79 Å². The first kappa shape index (κ1) is 21.4. The molecule has 1 aliphatic heterocycles. The molecule has 2 aromatic carbocycles. The van der Waals surface area contributed by atoms with Crippen molar-refractivity contribution in [1.29, 1.82) is 0 Å². The third-order valence-electron chi connectivity index (χ3n) is 5.88. The Bertz CT molecular complexity index is 1260. The molecule has 0 saturated carbocycles. The van der Waals surface area contributed by atoms with E-state index in [-0.39, 0.29) is 18.5 Å². The Hall–Kier alpha value is -3.81. The van der Waals surface area contributed by atoms with Gasteiger partial charge in [-0.05, 0) is 35.2 Å². The van der Waals surface area contributed by atoms with E-state index in [4.69, 9.17) is 9.47 Å². The normalized spacial score (nSPS) is 15.2. The third-order valence-corrected chi connectivity index (χ3v) is 5.88. The van der Waals surface area contributed by atoms with Crippen molar-refractivity contribution in [2.24, 2.45) is 7.05 Å². The van der Waals surface area contributed by atoms with Crippen LogP contribution in [0.4, 0.5) is 0 Å². The molecule has 0 aliphatic carbocycles. The van der Waals surface area contributed by atoms with E-state index in [1.54, 1.807) is 19.1 Å². The number of methoxy groups -OCH3 is 2. The van der Waals surface area contributed by atoms with Gasteiger partial charge in [-0.3, -0.25) is 18.7 Å². The molecule has 166 valence electrons. The fourth-order valence-corrected chi connectivity index (χ4v) is 4.18. The van der Waals surface area contributed by atoms with E-state index in [0.29, 0.717) is 24.5 Å². The summed E-state index contributed by atoms with van der Waals surface area (Å²) in [6.07, 6.45) is 2.01. The average molecular weight is 435 g/mol. The molecule has 1 atom stereocenters. The fourth-order valence-electron chi connectivity index (χ4n) is 4.18. The molecule has 4 rings (SSSR count). The van der Waals surface area contributed by atoms with Crippen LogP contribution >= 0.6 is 0 Å². The standard InChI is InChI=1S/C24H25N3O5/c1-25-21(28)10-11-26(24(25)30)15-22(29)27-12-9-17-13-19(31-2)20(32-3)14-18(17)23(27)16-7-5-4-6-8-16/h4-8,10-11,13-14,23H,9,12,15H2,1-3H3. The highest BCUT2D eigenvalue weighted by atomic mass is 16.5. The lowest BCUT2D eigenvalue weighted by Gasteiger charge is -2.38. The van der Waals surface area contributed by atoms with E-state index in [1.165, 1.54) is 23.9 Å². The van der Waals surface area contributed by atoms with E-state index < -0.39 is 11.2 Å². The van der Waals surface area contributed by atoms with Crippen molar-refractivity contribution < 1.29 is 14.3 Å². The molecule has 2 heterocycles. The third kappa shape index (κ3) is 3.79. The maximum absolute atomic E-state index is 13.4. The SMILES string of the molecule is COc1cc2c(cc1OC)C(c1ccccc1)N(C(=O)Cn1ccc(=O)n(C)c1=O)CC2. The van der Waals surface area contributed by atoms with Crippen molar-refractivity contribution >= 4 is 5.91 Å². The van der Waals surface area contributed by atoms with E-state index in [0.717, 1.165) is 21.3 Å². The van der Waals surface area contributed by atoms with Gasteiger partial charge >= 0.3 is 5.69 Å².